The summed E-state index contributed by atoms with van der Waals surface area (Å²) in [4.78, 5) is 36.5. The van der Waals surface area contributed by atoms with Gasteiger partial charge in [-0.2, -0.15) is 0 Å². The van der Waals surface area contributed by atoms with Crippen molar-refractivity contribution in [2.45, 2.75) is 43.9 Å². The third kappa shape index (κ3) is 4.16. The van der Waals surface area contributed by atoms with E-state index in [0.29, 0.717) is 12.5 Å². The van der Waals surface area contributed by atoms with Crippen molar-refractivity contribution in [2.75, 3.05) is 26.2 Å². The summed E-state index contributed by atoms with van der Waals surface area (Å²) in [7, 11) is 0. The highest BCUT2D eigenvalue weighted by Gasteiger charge is 2.40. The Morgan fingerprint density at radius 1 is 0.829 bits per heavy atom. The molecular weight excluding hydrogens is 436 g/mol. The van der Waals surface area contributed by atoms with E-state index in [4.69, 9.17) is 0 Å². The summed E-state index contributed by atoms with van der Waals surface area (Å²) in [5.41, 5.74) is 4.60. The number of hydrogen-bond acceptors (Lipinski definition) is 3. The minimum absolute atomic E-state index is 0.0392. The molecule has 0 spiro atoms. The standard InChI is InChI=1S/C29H32N4O2/c34-28-16-23(25-18-31-27-12-4-2-10-22(25)27)29(35)33(28)15-6-5-13-32-14-7-8-20(19-32)24-17-30-26-11-3-1-9-21(24)26/h1-4,9-12,17-18,20,23,30-31H,5-8,13-16,19H2. The molecule has 4 aromatic rings. The number of H-pyrrole nitrogens is 2. The molecule has 2 aliphatic rings. The molecule has 0 saturated carbocycles. The van der Waals surface area contributed by atoms with E-state index in [9.17, 15) is 9.59 Å². The number of piperidine rings is 1. The van der Waals surface area contributed by atoms with Crippen LogP contribution >= 0.6 is 0 Å². The van der Waals surface area contributed by atoms with E-state index in [1.807, 2.05) is 30.5 Å². The van der Waals surface area contributed by atoms with Gasteiger partial charge in [-0.15, -0.1) is 0 Å². The van der Waals surface area contributed by atoms with E-state index in [2.05, 4.69) is 45.3 Å². The summed E-state index contributed by atoms with van der Waals surface area (Å²) in [6.07, 6.45) is 8.64. The lowest BCUT2D eigenvalue weighted by Gasteiger charge is -2.32. The molecule has 35 heavy (non-hydrogen) atoms. The van der Waals surface area contributed by atoms with Gasteiger partial charge in [0.25, 0.3) is 0 Å². The van der Waals surface area contributed by atoms with Gasteiger partial charge >= 0.3 is 0 Å². The van der Waals surface area contributed by atoms with Crippen LogP contribution in [0.1, 0.15) is 55.1 Å². The lowest BCUT2D eigenvalue weighted by molar-refractivity contribution is -0.138. The number of carbonyl (C=O) groups is 2. The van der Waals surface area contributed by atoms with Crippen molar-refractivity contribution in [1.82, 2.24) is 19.8 Å². The molecule has 6 rings (SSSR count). The Balaban J connectivity index is 1.03. The van der Waals surface area contributed by atoms with Gasteiger partial charge in [0.2, 0.25) is 11.8 Å². The number of nitrogens with zero attached hydrogens (tertiary/aromatic N) is 2. The third-order valence-corrected chi connectivity index (χ3v) is 7.91. The molecule has 2 aliphatic heterocycles. The highest BCUT2D eigenvalue weighted by Crippen LogP contribution is 2.35. The average molecular weight is 469 g/mol. The molecule has 2 unspecified atom stereocenters. The zero-order valence-corrected chi connectivity index (χ0v) is 20.0. The number of para-hydroxylation sites is 2. The summed E-state index contributed by atoms with van der Waals surface area (Å²) in [5.74, 6) is 0.107. The molecular formula is C29H32N4O2. The second kappa shape index (κ2) is 9.34. The first-order valence-corrected chi connectivity index (χ1v) is 12.9. The second-order valence-corrected chi connectivity index (χ2v) is 10.1. The van der Waals surface area contributed by atoms with Gasteiger partial charge < -0.3 is 14.9 Å². The molecule has 2 saturated heterocycles. The Bertz CT molecular complexity index is 1370. The molecule has 2 N–H and O–H groups in total. The first-order valence-electron chi connectivity index (χ1n) is 12.9. The number of amides is 2. The van der Waals surface area contributed by atoms with Crippen molar-refractivity contribution in [1.29, 1.82) is 0 Å². The number of aromatic nitrogens is 2. The summed E-state index contributed by atoms with van der Waals surface area (Å²) in [6, 6.07) is 16.5. The van der Waals surface area contributed by atoms with Gasteiger partial charge in [0.1, 0.15) is 0 Å². The van der Waals surface area contributed by atoms with E-state index in [1.54, 1.807) is 0 Å². The van der Waals surface area contributed by atoms with Crippen molar-refractivity contribution in [3.63, 3.8) is 0 Å². The molecule has 0 bridgehead atoms. The van der Waals surface area contributed by atoms with Crippen LogP contribution in [0.3, 0.4) is 0 Å². The van der Waals surface area contributed by atoms with E-state index >= 15 is 0 Å². The summed E-state index contributed by atoms with van der Waals surface area (Å²) in [5, 5.41) is 2.38. The smallest absolute Gasteiger partial charge is 0.237 e. The number of carbonyl (C=O) groups excluding carboxylic acids is 2. The molecule has 2 atom stereocenters. The largest absolute Gasteiger partial charge is 0.361 e. The van der Waals surface area contributed by atoms with Gasteiger partial charge in [0, 0.05) is 53.7 Å². The number of benzene rings is 2. The van der Waals surface area contributed by atoms with Crippen LogP contribution in [0.2, 0.25) is 0 Å². The number of aromatic amines is 2. The maximum atomic E-state index is 13.1. The first-order chi connectivity index (χ1) is 17.2. The number of fused-ring (bicyclic) bond motifs is 2. The Hall–Kier alpha value is -3.38. The zero-order valence-electron chi connectivity index (χ0n) is 20.0. The van der Waals surface area contributed by atoms with Gasteiger partial charge in [-0.05, 0) is 68.0 Å². The summed E-state index contributed by atoms with van der Waals surface area (Å²) < 4.78 is 0. The molecule has 6 nitrogen and oxygen atoms in total. The van der Waals surface area contributed by atoms with Gasteiger partial charge in [-0.1, -0.05) is 36.4 Å². The maximum absolute atomic E-state index is 13.1. The Labute approximate surface area is 205 Å². The highest BCUT2D eigenvalue weighted by atomic mass is 16.2. The van der Waals surface area contributed by atoms with Crippen LogP contribution in [0, 0.1) is 0 Å². The Morgan fingerprint density at radius 3 is 2.26 bits per heavy atom. The summed E-state index contributed by atoms with van der Waals surface area (Å²) in [6.45, 7) is 3.74. The number of imide groups is 1. The Morgan fingerprint density at radius 2 is 1.49 bits per heavy atom. The fourth-order valence-electron chi connectivity index (χ4n) is 6.09. The van der Waals surface area contributed by atoms with Gasteiger partial charge in [0.05, 0.1) is 5.92 Å². The van der Waals surface area contributed by atoms with Crippen molar-refractivity contribution in [3.05, 3.63) is 72.1 Å². The molecule has 2 fully saturated rings. The SMILES string of the molecule is O=C1CC(c2c[nH]c3ccccc23)C(=O)N1CCCCN1CCCC(c2c[nH]c3ccccc23)C1. The van der Waals surface area contributed by atoms with Crippen LogP contribution in [0.4, 0.5) is 0 Å². The highest BCUT2D eigenvalue weighted by molar-refractivity contribution is 6.07. The average Bonchev–Trinajstić information content (AvgIpc) is 3.58. The van der Waals surface area contributed by atoms with Crippen LogP contribution in [0.25, 0.3) is 21.8 Å². The van der Waals surface area contributed by atoms with E-state index in [1.165, 1.54) is 34.2 Å². The number of rotatable bonds is 7. The van der Waals surface area contributed by atoms with Crippen molar-refractivity contribution in [3.8, 4) is 0 Å². The van der Waals surface area contributed by atoms with E-state index in [0.717, 1.165) is 48.9 Å². The number of likely N-dealkylation sites (tertiary alicyclic amines) is 2. The molecule has 180 valence electrons. The number of hydrogen-bond donors (Lipinski definition) is 2. The normalized spacial score (nSPS) is 21.5. The van der Waals surface area contributed by atoms with Crippen LogP contribution < -0.4 is 0 Å². The maximum Gasteiger partial charge on any atom is 0.237 e. The van der Waals surface area contributed by atoms with Gasteiger partial charge in [0.15, 0.2) is 0 Å². The van der Waals surface area contributed by atoms with Crippen LogP contribution in [-0.4, -0.2) is 57.8 Å². The molecule has 0 aliphatic carbocycles. The van der Waals surface area contributed by atoms with Crippen molar-refractivity contribution in [2.24, 2.45) is 0 Å². The van der Waals surface area contributed by atoms with Crippen molar-refractivity contribution < 1.29 is 9.59 Å². The second-order valence-electron chi connectivity index (χ2n) is 10.1. The molecule has 4 heterocycles. The predicted molar refractivity (Wildman–Crippen MR) is 138 cm³/mol. The zero-order chi connectivity index (χ0) is 23.8. The monoisotopic (exact) mass is 468 g/mol. The van der Waals surface area contributed by atoms with Crippen LogP contribution in [-0.2, 0) is 9.59 Å². The van der Waals surface area contributed by atoms with Gasteiger partial charge in [-0.3, -0.25) is 14.5 Å². The van der Waals surface area contributed by atoms with Crippen LogP contribution in [0.15, 0.2) is 60.9 Å². The number of nitrogens with one attached hydrogen (secondary N) is 2. The molecule has 2 amide bonds. The third-order valence-electron chi connectivity index (χ3n) is 7.91. The van der Waals surface area contributed by atoms with E-state index < -0.39 is 0 Å². The molecule has 0 radical (unpaired) electrons. The fraction of sp³-hybridized carbons (Fsp3) is 0.379. The molecule has 2 aromatic heterocycles. The quantitative estimate of drug-likeness (QED) is 0.291. The van der Waals surface area contributed by atoms with Crippen molar-refractivity contribution >= 4 is 33.6 Å². The number of unbranched alkanes of at least 4 members (excludes halogenated alkanes) is 1. The topological polar surface area (TPSA) is 72.2 Å². The lowest BCUT2D eigenvalue weighted by atomic mass is 9.90. The first kappa shape index (κ1) is 22.1. The van der Waals surface area contributed by atoms with E-state index in [-0.39, 0.29) is 24.2 Å². The van der Waals surface area contributed by atoms with Gasteiger partial charge in [-0.25, -0.2) is 0 Å². The minimum atomic E-state index is -0.363. The lowest BCUT2D eigenvalue weighted by Crippen LogP contribution is -2.36. The minimum Gasteiger partial charge on any atom is -0.361 e. The summed E-state index contributed by atoms with van der Waals surface area (Å²) >= 11 is 0. The predicted octanol–water partition coefficient (Wildman–Crippen LogP) is 5.15. The van der Waals surface area contributed by atoms with Crippen LogP contribution in [0.5, 0.6) is 0 Å². The fourth-order valence-corrected chi connectivity index (χ4v) is 6.09. The molecule has 6 heteroatoms. The Kier molecular flexibility index (Phi) is 5.90. The molecule has 2 aromatic carbocycles.